The van der Waals surface area contributed by atoms with Gasteiger partial charge < -0.3 is 10.5 Å². The maximum absolute atomic E-state index is 5.94. The Kier molecular flexibility index (Phi) is 4.58. The molecule has 2 heteroatoms. The van der Waals surface area contributed by atoms with Crippen molar-refractivity contribution >= 4 is 0 Å². The second-order valence-electron chi connectivity index (χ2n) is 4.97. The molecule has 0 fully saturated rings. The third-order valence-corrected chi connectivity index (χ3v) is 3.16. The molecular weight excluding hydrogens is 234 g/mol. The van der Waals surface area contributed by atoms with Crippen LogP contribution in [0, 0.1) is 0 Å². The fraction of sp³-hybridized carbons (Fsp3) is 0.294. The van der Waals surface area contributed by atoms with Gasteiger partial charge in [0.2, 0.25) is 0 Å². The van der Waals surface area contributed by atoms with Gasteiger partial charge in [-0.2, -0.15) is 0 Å². The molecule has 19 heavy (non-hydrogen) atoms. The predicted octanol–water partition coefficient (Wildman–Crippen LogP) is 4.10. The first-order valence-electron chi connectivity index (χ1n) is 6.76. The quantitative estimate of drug-likeness (QED) is 0.872. The molecule has 0 unspecified atom stereocenters. The number of para-hydroxylation sites is 1. The summed E-state index contributed by atoms with van der Waals surface area (Å²) in [5.74, 6) is 2.30. The van der Waals surface area contributed by atoms with Crippen molar-refractivity contribution < 1.29 is 4.74 Å². The van der Waals surface area contributed by atoms with E-state index in [1.807, 2.05) is 30.3 Å². The average Bonchev–Trinajstić information content (AvgIpc) is 2.42. The maximum Gasteiger partial charge on any atom is 0.130 e. The molecule has 0 aliphatic carbocycles. The van der Waals surface area contributed by atoms with Gasteiger partial charge in [0.05, 0.1) is 0 Å². The molecule has 0 bridgehead atoms. The lowest BCUT2D eigenvalue weighted by Crippen LogP contribution is -2.03. The van der Waals surface area contributed by atoms with E-state index in [4.69, 9.17) is 10.5 Å². The van der Waals surface area contributed by atoms with Crippen LogP contribution in [0.2, 0.25) is 0 Å². The van der Waals surface area contributed by atoms with Gasteiger partial charge in [-0.3, -0.25) is 0 Å². The van der Waals surface area contributed by atoms with Crippen LogP contribution in [0.4, 0.5) is 0 Å². The number of benzene rings is 2. The molecule has 2 rings (SSSR count). The van der Waals surface area contributed by atoms with E-state index in [0.29, 0.717) is 12.5 Å². The summed E-state index contributed by atoms with van der Waals surface area (Å²) in [7, 11) is 0. The van der Waals surface area contributed by atoms with Gasteiger partial charge >= 0.3 is 0 Å². The molecule has 0 heterocycles. The van der Waals surface area contributed by atoms with E-state index in [-0.39, 0.29) is 0 Å². The highest BCUT2D eigenvalue weighted by Gasteiger charge is 2.04. The van der Waals surface area contributed by atoms with Crippen LogP contribution in [0.25, 0.3) is 0 Å². The summed E-state index contributed by atoms with van der Waals surface area (Å²) < 4.78 is 5.94. The number of rotatable bonds is 5. The van der Waals surface area contributed by atoms with Crippen molar-refractivity contribution in [1.82, 2.24) is 0 Å². The van der Waals surface area contributed by atoms with Gasteiger partial charge in [-0.25, -0.2) is 0 Å². The Morgan fingerprint density at radius 3 is 2.32 bits per heavy atom. The molecule has 0 radical (unpaired) electrons. The Bertz CT molecular complexity index is 517. The van der Waals surface area contributed by atoms with Crippen LogP contribution >= 0.6 is 0 Å². The van der Waals surface area contributed by atoms with E-state index in [9.17, 15) is 0 Å². The number of hydrogen-bond donors (Lipinski definition) is 1. The highest BCUT2D eigenvalue weighted by atomic mass is 16.5. The molecule has 0 amide bonds. The largest absolute Gasteiger partial charge is 0.457 e. The molecule has 2 N–H and O–H groups in total. The third kappa shape index (κ3) is 3.58. The molecule has 0 spiro atoms. The van der Waals surface area contributed by atoms with Gasteiger partial charge in [0.1, 0.15) is 11.5 Å². The van der Waals surface area contributed by atoms with Crippen LogP contribution in [0.1, 0.15) is 30.9 Å². The monoisotopic (exact) mass is 255 g/mol. The van der Waals surface area contributed by atoms with E-state index < -0.39 is 0 Å². The Labute approximate surface area is 115 Å². The van der Waals surface area contributed by atoms with E-state index in [2.05, 4.69) is 32.0 Å². The van der Waals surface area contributed by atoms with Crippen LogP contribution in [0.3, 0.4) is 0 Å². The summed E-state index contributed by atoms with van der Waals surface area (Å²) in [6.07, 6.45) is 0.834. The van der Waals surface area contributed by atoms with Gasteiger partial charge in [-0.05, 0) is 48.2 Å². The van der Waals surface area contributed by atoms with Gasteiger partial charge in [-0.15, -0.1) is 0 Å². The zero-order valence-electron chi connectivity index (χ0n) is 11.6. The van der Waals surface area contributed by atoms with Crippen LogP contribution in [0.5, 0.6) is 11.5 Å². The molecular formula is C17H21NO. The van der Waals surface area contributed by atoms with Crippen molar-refractivity contribution in [2.24, 2.45) is 5.73 Å². The van der Waals surface area contributed by atoms with Gasteiger partial charge in [-0.1, -0.05) is 44.2 Å². The number of ether oxygens (including phenoxy) is 1. The Hall–Kier alpha value is -1.80. The smallest absolute Gasteiger partial charge is 0.130 e. The fourth-order valence-corrected chi connectivity index (χ4v) is 2.01. The van der Waals surface area contributed by atoms with Crippen LogP contribution < -0.4 is 10.5 Å². The standard InChI is InChI=1S/C17H21NO/c1-13(2)14-7-9-16(10-8-14)19-17-6-4-3-5-15(17)11-12-18/h3-10,13H,11-12,18H2,1-2H3. The second-order valence-corrected chi connectivity index (χ2v) is 4.97. The molecule has 0 aliphatic heterocycles. The van der Waals surface area contributed by atoms with Crippen molar-refractivity contribution in [1.29, 1.82) is 0 Å². The van der Waals surface area contributed by atoms with Crippen molar-refractivity contribution in [3.05, 3.63) is 59.7 Å². The van der Waals surface area contributed by atoms with E-state index in [1.54, 1.807) is 0 Å². The Morgan fingerprint density at radius 2 is 1.68 bits per heavy atom. The Balaban J connectivity index is 2.16. The minimum absolute atomic E-state index is 0.540. The molecule has 0 atom stereocenters. The molecule has 0 saturated carbocycles. The van der Waals surface area contributed by atoms with Crippen molar-refractivity contribution in [2.75, 3.05) is 6.54 Å². The van der Waals surface area contributed by atoms with E-state index in [1.165, 1.54) is 5.56 Å². The zero-order valence-corrected chi connectivity index (χ0v) is 11.6. The van der Waals surface area contributed by atoms with Gasteiger partial charge in [0.15, 0.2) is 0 Å². The first-order valence-corrected chi connectivity index (χ1v) is 6.76. The summed E-state index contributed by atoms with van der Waals surface area (Å²) in [6.45, 7) is 5.01. The minimum Gasteiger partial charge on any atom is -0.457 e. The molecule has 2 nitrogen and oxygen atoms in total. The normalized spacial score (nSPS) is 10.7. The number of nitrogens with two attached hydrogens (primary N) is 1. The van der Waals surface area contributed by atoms with Crippen LogP contribution in [-0.4, -0.2) is 6.54 Å². The van der Waals surface area contributed by atoms with Gasteiger partial charge in [0.25, 0.3) is 0 Å². The summed E-state index contributed by atoms with van der Waals surface area (Å²) in [5, 5.41) is 0. The molecule has 2 aromatic rings. The molecule has 0 aliphatic rings. The SMILES string of the molecule is CC(C)c1ccc(Oc2ccccc2CCN)cc1. The molecule has 100 valence electrons. The van der Waals surface area contributed by atoms with E-state index >= 15 is 0 Å². The van der Waals surface area contributed by atoms with Crippen molar-refractivity contribution in [3.8, 4) is 11.5 Å². The average molecular weight is 255 g/mol. The zero-order chi connectivity index (χ0) is 13.7. The molecule has 2 aromatic carbocycles. The lowest BCUT2D eigenvalue weighted by molar-refractivity contribution is 0.476. The summed E-state index contributed by atoms with van der Waals surface area (Å²) in [4.78, 5) is 0. The topological polar surface area (TPSA) is 35.2 Å². The molecule has 0 saturated heterocycles. The second kappa shape index (κ2) is 6.39. The van der Waals surface area contributed by atoms with E-state index in [0.717, 1.165) is 23.5 Å². The first kappa shape index (κ1) is 13.6. The Morgan fingerprint density at radius 1 is 1.00 bits per heavy atom. The van der Waals surface area contributed by atoms with Crippen molar-refractivity contribution in [2.45, 2.75) is 26.2 Å². The lowest BCUT2D eigenvalue weighted by atomic mass is 10.0. The fourth-order valence-electron chi connectivity index (χ4n) is 2.01. The highest BCUT2D eigenvalue weighted by molar-refractivity contribution is 5.39. The summed E-state index contributed by atoms with van der Waals surface area (Å²) >= 11 is 0. The minimum atomic E-state index is 0.540. The highest BCUT2D eigenvalue weighted by Crippen LogP contribution is 2.26. The lowest BCUT2D eigenvalue weighted by Gasteiger charge is -2.11. The summed E-state index contributed by atoms with van der Waals surface area (Å²) in [5.41, 5.74) is 8.09. The third-order valence-electron chi connectivity index (χ3n) is 3.16. The van der Waals surface area contributed by atoms with Gasteiger partial charge in [0, 0.05) is 0 Å². The maximum atomic E-state index is 5.94. The first-order chi connectivity index (χ1) is 9.20. The molecule has 0 aromatic heterocycles. The van der Waals surface area contributed by atoms with Crippen LogP contribution in [-0.2, 0) is 6.42 Å². The number of hydrogen-bond acceptors (Lipinski definition) is 2. The van der Waals surface area contributed by atoms with Crippen LogP contribution in [0.15, 0.2) is 48.5 Å². The predicted molar refractivity (Wildman–Crippen MR) is 79.8 cm³/mol. The summed E-state index contributed by atoms with van der Waals surface area (Å²) in [6, 6.07) is 16.3. The van der Waals surface area contributed by atoms with Crippen molar-refractivity contribution in [3.63, 3.8) is 0 Å².